The van der Waals surface area contributed by atoms with Crippen LogP contribution < -0.4 is 4.74 Å². The second-order valence-electron chi connectivity index (χ2n) is 5.17. The number of alkyl halides is 6. The Labute approximate surface area is 166 Å². The van der Waals surface area contributed by atoms with Crippen molar-refractivity contribution in [2.75, 3.05) is 18.1 Å². The number of benzene rings is 1. The van der Waals surface area contributed by atoms with E-state index in [1.54, 1.807) is 0 Å². The molecule has 0 amide bonds. The highest BCUT2D eigenvalue weighted by atomic mass is 35.5. The van der Waals surface area contributed by atoms with E-state index < -0.39 is 17.4 Å². The smallest absolute Gasteiger partial charge is 0.441 e. The molecule has 150 valence electrons. The molecule has 0 N–H and O–H groups in total. The zero-order valence-electron chi connectivity index (χ0n) is 13.4. The van der Waals surface area contributed by atoms with E-state index in [0.717, 1.165) is 0 Å². The molecule has 0 fully saturated rings. The van der Waals surface area contributed by atoms with Crippen molar-refractivity contribution in [2.24, 2.45) is 0 Å². The highest BCUT2D eigenvalue weighted by molar-refractivity contribution is 8.00. The van der Waals surface area contributed by atoms with Gasteiger partial charge in [-0.3, -0.25) is 0 Å². The van der Waals surface area contributed by atoms with Gasteiger partial charge in [-0.2, -0.15) is 26.3 Å². The fourth-order valence-electron chi connectivity index (χ4n) is 1.82. The Hall–Kier alpha value is -0.120. The molecule has 0 radical (unpaired) electrons. The summed E-state index contributed by atoms with van der Waals surface area (Å²) < 4.78 is 78.2. The SMILES string of the molecule is FC(F)(F)CSc1cc(OCCCCCCSC(F)(F)F)c(Cl)cc1Cl. The van der Waals surface area contributed by atoms with Crippen molar-refractivity contribution in [3.05, 3.63) is 22.2 Å². The van der Waals surface area contributed by atoms with Gasteiger partial charge in [-0.1, -0.05) is 47.8 Å². The third kappa shape index (κ3) is 10.9. The van der Waals surface area contributed by atoms with E-state index in [-0.39, 0.29) is 44.8 Å². The average molecular weight is 461 g/mol. The van der Waals surface area contributed by atoms with Crippen molar-refractivity contribution >= 4 is 46.7 Å². The van der Waals surface area contributed by atoms with Gasteiger partial charge in [-0.15, -0.1) is 11.8 Å². The van der Waals surface area contributed by atoms with E-state index >= 15 is 0 Å². The van der Waals surface area contributed by atoms with E-state index in [4.69, 9.17) is 27.9 Å². The first-order valence-corrected chi connectivity index (χ1v) is 10.2. The lowest BCUT2D eigenvalue weighted by atomic mass is 10.2. The van der Waals surface area contributed by atoms with Crippen LogP contribution in [-0.4, -0.2) is 29.8 Å². The van der Waals surface area contributed by atoms with Gasteiger partial charge in [-0.05, 0) is 25.0 Å². The molecular formula is C15H16Cl2F6OS2. The Balaban J connectivity index is 2.36. The molecule has 1 aromatic carbocycles. The summed E-state index contributed by atoms with van der Waals surface area (Å²) in [6.45, 7) is 0.261. The first-order chi connectivity index (χ1) is 12.0. The quantitative estimate of drug-likeness (QED) is 0.200. The predicted octanol–water partition coefficient (Wildman–Crippen LogP) is 7.84. The van der Waals surface area contributed by atoms with Gasteiger partial charge in [0.15, 0.2) is 0 Å². The minimum Gasteiger partial charge on any atom is -0.492 e. The molecule has 0 saturated carbocycles. The van der Waals surface area contributed by atoms with Crippen LogP contribution in [0.3, 0.4) is 0 Å². The molecule has 0 atom stereocenters. The second-order valence-corrected chi connectivity index (χ2v) is 8.17. The predicted molar refractivity (Wildman–Crippen MR) is 95.7 cm³/mol. The Morgan fingerprint density at radius 2 is 1.54 bits per heavy atom. The summed E-state index contributed by atoms with van der Waals surface area (Å²) in [5, 5.41) is 0.298. The molecular weight excluding hydrogens is 445 g/mol. The zero-order valence-corrected chi connectivity index (χ0v) is 16.5. The Kier molecular flexibility index (Phi) is 10.1. The first-order valence-electron chi connectivity index (χ1n) is 7.50. The number of hydrogen-bond donors (Lipinski definition) is 0. The maximum absolute atomic E-state index is 12.3. The van der Waals surface area contributed by atoms with Crippen LogP contribution in [0.15, 0.2) is 17.0 Å². The molecule has 0 saturated heterocycles. The van der Waals surface area contributed by atoms with Crippen LogP contribution in [0.25, 0.3) is 0 Å². The van der Waals surface area contributed by atoms with Crippen molar-refractivity contribution in [3.63, 3.8) is 0 Å². The van der Waals surface area contributed by atoms with Crippen LogP contribution >= 0.6 is 46.7 Å². The lowest BCUT2D eigenvalue weighted by molar-refractivity contribution is -0.105. The molecule has 0 aliphatic carbocycles. The van der Waals surface area contributed by atoms with Gasteiger partial charge in [0.25, 0.3) is 0 Å². The van der Waals surface area contributed by atoms with Crippen molar-refractivity contribution in [1.29, 1.82) is 0 Å². The fourth-order valence-corrected chi connectivity index (χ4v) is 3.71. The molecule has 0 bridgehead atoms. The first kappa shape index (κ1) is 23.9. The summed E-state index contributed by atoms with van der Waals surface area (Å²) >= 11 is 12.4. The largest absolute Gasteiger partial charge is 0.492 e. The number of rotatable bonds is 10. The van der Waals surface area contributed by atoms with Crippen LogP contribution in [-0.2, 0) is 0 Å². The van der Waals surface area contributed by atoms with Gasteiger partial charge in [0.05, 0.1) is 22.4 Å². The molecule has 26 heavy (non-hydrogen) atoms. The van der Waals surface area contributed by atoms with Crippen LogP contribution in [0.5, 0.6) is 5.75 Å². The molecule has 0 aromatic heterocycles. The highest BCUT2D eigenvalue weighted by Gasteiger charge is 2.28. The van der Waals surface area contributed by atoms with Gasteiger partial charge >= 0.3 is 11.7 Å². The van der Waals surface area contributed by atoms with Gasteiger partial charge in [0, 0.05) is 10.6 Å². The minimum atomic E-state index is -4.32. The molecule has 0 unspecified atom stereocenters. The van der Waals surface area contributed by atoms with E-state index in [9.17, 15) is 26.3 Å². The van der Waals surface area contributed by atoms with Crippen molar-refractivity contribution in [3.8, 4) is 5.75 Å². The monoisotopic (exact) mass is 460 g/mol. The Morgan fingerprint density at radius 3 is 2.15 bits per heavy atom. The van der Waals surface area contributed by atoms with E-state index in [1.165, 1.54) is 12.1 Å². The summed E-state index contributed by atoms with van der Waals surface area (Å²) in [6, 6.07) is 2.69. The number of unbranched alkanes of at least 4 members (excludes halogenated alkanes) is 3. The molecule has 1 rings (SSSR count). The van der Waals surface area contributed by atoms with Crippen molar-refractivity contribution in [1.82, 2.24) is 0 Å². The number of thioether (sulfide) groups is 2. The summed E-state index contributed by atoms with van der Waals surface area (Å²) in [7, 11) is 0. The van der Waals surface area contributed by atoms with E-state index in [0.29, 0.717) is 37.4 Å². The third-order valence-corrected chi connectivity index (χ3v) is 5.60. The third-order valence-electron chi connectivity index (χ3n) is 2.94. The molecule has 1 nitrogen and oxygen atoms in total. The summed E-state index contributed by atoms with van der Waals surface area (Å²) in [5.74, 6) is -0.829. The number of halogens is 8. The summed E-state index contributed by atoms with van der Waals surface area (Å²) in [4.78, 5) is 0.215. The standard InChI is InChI=1S/C15H16Cl2F6OS2/c16-10-7-11(17)13(25-9-14(18,19)20)8-12(10)24-5-3-1-2-4-6-26-15(21,22)23/h7-8H,1-6,9H2. The molecule has 0 aliphatic heterocycles. The van der Waals surface area contributed by atoms with Gasteiger partial charge < -0.3 is 4.74 Å². The Morgan fingerprint density at radius 1 is 0.885 bits per heavy atom. The molecule has 0 heterocycles. The molecule has 1 aromatic rings. The minimum absolute atomic E-state index is 0.0210. The van der Waals surface area contributed by atoms with Crippen molar-refractivity contribution in [2.45, 2.75) is 42.3 Å². The molecule has 0 spiro atoms. The van der Waals surface area contributed by atoms with Gasteiger partial charge in [0.1, 0.15) is 5.75 Å². The second kappa shape index (κ2) is 11.0. The number of ether oxygens (including phenoxy) is 1. The van der Waals surface area contributed by atoms with Crippen LogP contribution in [0.4, 0.5) is 26.3 Å². The maximum atomic E-state index is 12.3. The van der Waals surface area contributed by atoms with Crippen LogP contribution in [0.2, 0.25) is 10.0 Å². The molecule has 11 heteroatoms. The molecule has 0 aliphatic rings. The van der Waals surface area contributed by atoms with Gasteiger partial charge in [0.2, 0.25) is 0 Å². The summed E-state index contributed by atoms with van der Waals surface area (Å²) in [5.41, 5.74) is -4.20. The van der Waals surface area contributed by atoms with E-state index in [1.807, 2.05) is 0 Å². The lowest BCUT2D eigenvalue weighted by Crippen LogP contribution is -2.10. The van der Waals surface area contributed by atoms with E-state index in [2.05, 4.69) is 0 Å². The Bertz CT molecular complexity index is 566. The topological polar surface area (TPSA) is 9.23 Å². The average Bonchev–Trinajstić information content (AvgIpc) is 2.48. The summed E-state index contributed by atoms with van der Waals surface area (Å²) in [6.07, 6.45) is -1.96. The lowest BCUT2D eigenvalue weighted by Gasteiger charge is -2.12. The van der Waals surface area contributed by atoms with Gasteiger partial charge in [-0.25, -0.2) is 0 Å². The van der Waals surface area contributed by atoms with Crippen LogP contribution in [0, 0.1) is 0 Å². The van der Waals surface area contributed by atoms with Crippen LogP contribution in [0.1, 0.15) is 25.7 Å². The zero-order chi connectivity index (χ0) is 19.8. The maximum Gasteiger partial charge on any atom is 0.441 e. The van der Waals surface area contributed by atoms with Crippen molar-refractivity contribution < 1.29 is 31.1 Å². The highest BCUT2D eigenvalue weighted by Crippen LogP contribution is 2.38. The fraction of sp³-hybridized carbons (Fsp3) is 0.600. The normalized spacial score (nSPS) is 12.5. The number of hydrogen-bond acceptors (Lipinski definition) is 3.